The molecule has 0 aliphatic rings. The Hall–Kier alpha value is -0.460. The molecule has 1 heteroatoms. The van der Waals surface area contributed by atoms with E-state index in [1.165, 1.54) is 19.3 Å². The van der Waals surface area contributed by atoms with E-state index in [1.54, 1.807) is 6.20 Å². The van der Waals surface area contributed by atoms with Crippen LogP contribution in [0, 0.1) is 5.92 Å². The van der Waals surface area contributed by atoms with Gasteiger partial charge in [0, 0.05) is 6.54 Å². The number of hydrogen-bond acceptors (Lipinski definition) is 1. The molecule has 10 heavy (non-hydrogen) atoms. The molecule has 0 saturated heterocycles. The van der Waals surface area contributed by atoms with E-state index in [1.807, 2.05) is 0 Å². The third kappa shape index (κ3) is 4.42. The molecule has 0 radical (unpaired) electrons. The van der Waals surface area contributed by atoms with Crippen LogP contribution in [-0.2, 0) is 0 Å². The van der Waals surface area contributed by atoms with Crippen molar-refractivity contribution < 1.29 is 0 Å². The van der Waals surface area contributed by atoms with E-state index in [4.69, 9.17) is 0 Å². The SMILES string of the molecule is C=CNC[C@@H](CC)CCC. The minimum Gasteiger partial charge on any atom is -0.391 e. The van der Waals surface area contributed by atoms with Crippen molar-refractivity contribution in [2.45, 2.75) is 33.1 Å². The molecule has 0 unspecified atom stereocenters. The summed E-state index contributed by atoms with van der Waals surface area (Å²) in [5, 5.41) is 3.15. The fourth-order valence-electron chi connectivity index (χ4n) is 1.11. The van der Waals surface area contributed by atoms with Crippen LogP contribution in [0.15, 0.2) is 12.8 Å². The molecule has 0 amide bonds. The normalized spacial score (nSPS) is 12.6. The van der Waals surface area contributed by atoms with Crippen molar-refractivity contribution in [3.63, 3.8) is 0 Å². The van der Waals surface area contributed by atoms with Crippen LogP contribution in [-0.4, -0.2) is 6.54 Å². The average Bonchev–Trinajstić information content (AvgIpc) is 1.98. The zero-order chi connectivity index (χ0) is 7.82. The summed E-state index contributed by atoms with van der Waals surface area (Å²) in [5.41, 5.74) is 0. The lowest BCUT2D eigenvalue weighted by atomic mass is 10.0. The Balaban J connectivity index is 3.29. The van der Waals surface area contributed by atoms with E-state index < -0.39 is 0 Å². The lowest BCUT2D eigenvalue weighted by Gasteiger charge is -2.12. The minimum absolute atomic E-state index is 0.836. The summed E-state index contributed by atoms with van der Waals surface area (Å²) in [6, 6.07) is 0. The standard InChI is InChI=1S/C9H19N/c1-4-7-9(5-2)8-10-6-3/h6,9-10H,3-5,7-8H2,1-2H3/t9-/m0/s1. The molecule has 60 valence electrons. The van der Waals surface area contributed by atoms with Crippen LogP contribution < -0.4 is 5.32 Å². The monoisotopic (exact) mass is 141 g/mol. The molecule has 1 atom stereocenters. The van der Waals surface area contributed by atoms with E-state index >= 15 is 0 Å². The van der Waals surface area contributed by atoms with E-state index in [0.29, 0.717) is 0 Å². The molecule has 0 heterocycles. The van der Waals surface area contributed by atoms with Crippen molar-refractivity contribution in [1.82, 2.24) is 5.32 Å². The molecule has 0 aromatic carbocycles. The van der Waals surface area contributed by atoms with Crippen molar-refractivity contribution in [2.75, 3.05) is 6.54 Å². The van der Waals surface area contributed by atoms with E-state index in [2.05, 4.69) is 25.7 Å². The zero-order valence-electron chi connectivity index (χ0n) is 7.19. The molecule has 1 N–H and O–H groups in total. The Morgan fingerprint density at radius 3 is 2.60 bits per heavy atom. The molecule has 0 aromatic heterocycles. The minimum atomic E-state index is 0.836. The van der Waals surface area contributed by atoms with Crippen LogP contribution >= 0.6 is 0 Å². The van der Waals surface area contributed by atoms with Gasteiger partial charge < -0.3 is 5.32 Å². The lowest BCUT2D eigenvalue weighted by molar-refractivity contribution is 0.452. The Labute approximate surface area is 64.5 Å². The Kier molecular flexibility index (Phi) is 6.35. The van der Waals surface area contributed by atoms with Gasteiger partial charge >= 0.3 is 0 Å². The number of rotatable bonds is 6. The van der Waals surface area contributed by atoms with Gasteiger partial charge in [-0.15, -0.1) is 0 Å². The van der Waals surface area contributed by atoms with Gasteiger partial charge in [-0.25, -0.2) is 0 Å². The van der Waals surface area contributed by atoms with E-state index in [0.717, 1.165) is 12.5 Å². The van der Waals surface area contributed by atoms with Crippen LogP contribution in [0.2, 0.25) is 0 Å². The summed E-state index contributed by atoms with van der Waals surface area (Å²) < 4.78 is 0. The summed E-state index contributed by atoms with van der Waals surface area (Å²) in [6.07, 6.45) is 5.67. The molecule has 0 saturated carbocycles. The second-order valence-electron chi connectivity index (χ2n) is 2.68. The lowest BCUT2D eigenvalue weighted by Crippen LogP contribution is -2.16. The summed E-state index contributed by atoms with van der Waals surface area (Å²) >= 11 is 0. The highest BCUT2D eigenvalue weighted by Gasteiger charge is 2.01. The smallest absolute Gasteiger partial charge is 0.0169 e. The van der Waals surface area contributed by atoms with Crippen molar-refractivity contribution in [3.05, 3.63) is 12.8 Å². The predicted octanol–water partition coefficient (Wildman–Crippen LogP) is 2.55. The first-order valence-electron chi connectivity index (χ1n) is 4.19. The van der Waals surface area contributed by atoms with Crippen LogP contribution in [0.5, 0.6) is 0 Å². The quantitative estimate of drug-likeness (QED) is 0.599. The van der Waals surface area contributed by atoms with Crippen LogP contribution in [0.4, 0.5) is 0 Å². The maximum absolute atomic E-state index is 3.62. The third-order valence-electron chi connectivity index (χ3n) is 1.83. The van der Waals surface area contributed by atoms with Gasteiger partial charge in [0.15, 0.2) is 0 Å². The van der Waals surface area contributed by atoms with Crippen LogP contribution in [0.1, 0.15) is 33.1 Å². The summed E-state index contributed by atoms with van der Waals surface area (Å²) in [5.74, 6) is 0.836. The topological polar surface area (TPSA) is 12.0 Å². The van der Waals surface area contributed by atoms with Crippen molar-refractivity contribution >= 4 is 0 Å². The molecule has 0 aliphatic carbocycles. The highest BCUT2D eigenvalue weighted by molar-refractivity contribution is 4.67. The fraction of sp³-hybridized carbons (Fsp3) is 0.778. The van der Waals surface area contributed by atoms with Gasteiger partial charge in [0.25, 0.3) is 0 Å². The first-order chi connectivity index (χ1) is 4.85. The molecule has 0 aliphatic heterocycles. The molecule has 0 spiro atoms. The van der Waals surface area contributed by atoms with Crippen LogP contribution in [0.25, 0.3) is 0 Å². The van der Waals surface area contributed by atoms with Crippen molar-refractivity contribution in [1.29, 1.82) is 0 Å². The van der Waals surface area contributed by atoms with Gasteiger partial charge in [0.05, 0.1) is 0 Å². The van der Waals surface area contributed by atoms with Crippen molar-refractivity contribution in [2.24, 2.45) is 5.92 Å². The Morgan fingerprint density at radius 2 is 2.20 bits per heavy atom. The highest BCUT2D eigenvalue weighted by atomic mass is 14.8. The molecule has 0 rings (SSSR count). The molecule has 0 fully saturated rings. The maximum atomic E-state index is 3.62. The molecule has 1 nitrogen and oxygen atoms in total. The van der Waals surface area contributed by atoms with Gasteiger partial charge in [0.1, 0.15) is 0 Å². The van der Waals surface area contributed by atoms with Crippen LogP contribution in [0.3, 0.4) is 0 Å². The summed E-state index contributed by atoms with van der Waals surface area (Å²) in [7, 11) is 0. The molecule has 0 bridgehead atoms. The van der Waals surface area contributed by atoms with Gasteiger partial charge in [0.2, 0.25) is 0 Å². The van der Waals surface area contributed by atoms with Gasteiger partial charge in [-0.05, 0) is 18.5 Å². The van der Waals surface area contributed by atoms with E-state index in [9.17, 15) is 0 Å². The first-order valence-corrected chi connectivity index (χ1v) is 4.19. The third-order valence-corrected chi connectivity index (χ3v) is 1.83. The Bertz CT molecular complexity index is 78.8. The Morgan fingerprint density at radius 1 is 1.50 bits per heavy atom. The molecular weight excluding hydrogens is 122 g/mol. The van der Waals surface area contributed by atoms with Gasteiger partial charge in [-0.3, -0.25) is 0 Å². The second-order valence-corrected chi connectivity index (χ2v) is 2.68. The second kappa shape index (κ2) is 6.66. The summed E-state index contributed by atoms with van der Waals surface area (Å²) in [4.78, 5) is 0. The summed E-state index contributed by atoms with van der Waals surface area (Å²) in [6.45, 7) is 9.18. The zero-order valence-corrected chi connectivity index (χ0v) is 7.19. The number of nitrogens with one attached hydrogen (secondary N) is 1. The largest absolute Gasteiger partial charge is 0.391 e. The fourth-order valence-corrected chi connectivity index (χ4v) is 1.11. The number of hydrogen-bond donors (Lipinski definition) is 1. The van der Waals surface area contributed by atoms with Crippen molar-refractivity contribution in [3.8, 4) is 0 Å². The van der Waals surface area contributed by atoms with Gasteiger partial charge in [-0.2, -0.15) is 0 Å². The highest BCUT2D eigenvalue weighted by Crippen LogP contribution is 2.08. The molecule has 0 aromatic rings. The maximum Gasteiger partial charge on any atom is 0.0169 e. The predicted molar refractivity (Wildman–Crippen MR) is 46.9 cm³/mol. The van der Waals surface area contributed by atoms with Gasteiger partial charge in [-0.1, -0.05) is 33.3 Å². The first kappa shape index (κ1) is 9.54. The average molecular weight is 141 g/mol. The molecular formula is C9H19N. The van der Waals surface area contributed by atoms with E-state index in [-0.39, 0.29) is 0 Å².